The van der Waals surface area contributed by atoms with Crippen molar-refractivity contribution in [3.63, 3.8) is 0 Å². The number of carbonyl (C=O) groups excluding carboxylic acids is 2. The van der Waals surface area contributed by atoms with Crippen molar-refractivity contribution in [2.45, 2.75) is 25.4 Å². The number of ether oxygens (including phenoxy) is 1. The zero-order valence-electron chi connectivity index (χ0n) is 19.9. The van der Waals surface area contributed by atoms with Crippen LogP contribution in [0.3, 0.4) is 0 Å². The Morgan fingerprint density at radius 1 is 1.11 bits per heavy atom. The summed E-state index contributed by atoms with van der Waals surface area (Å²) in [6.07, 6.45) is 4.94. The average Bonchev–Trinajstić information content (AvgIpc) is 3.35. The molecule has 0 spiro atoms. The van der Waals surface area contributed by atoms with Gasteiger partial charge in [0.15, 0.2) is 11.4 Å². The maximum Gasteiger partial charge on any atom is 0.258 e. The van der Waals surface area contributed by atoms with Gasteiger partial charge in [-0.2, -0.15) is 0 Å². The number of amides is 1. The number of Topliss-reactive ketones (excluding diaryl/α,β-unsaturated/α-hetero) is 1. The molecule has 1 N–H and O–H groups in total. The van der Waals surface area contributed by atoms with Crippen LogP contribution < -0.4 is 4.74 Å². The second-order valence-electron chi connectivity index (χ2n) is 8.79. The fourth-order valence-electron chi connectivity index (χ4n) is 4.49. The zero-order valence-corrected chi connectivity index (χ0v) is 21.4. The van der Waals surface area contributed by atoms with Crippen molar-refractivity contribution in [3.8, 4) is 17.2 Å². The van der Waals surface area contributed by atoms with E-state index in [0.717, 1.165) is 0 Å². The molecule has 0 atom stereocenters. The Balaban J connectivity index is 1.55. The minimum atomic E-state index is -0.387. The van der Waals surface area contributed by atoms with Crippen LogP contribution in [-0.4, -0.2) is 58.0 Å². The number of nitrogens with zero attached hydrogens (tertiary/aromatic N) is 3. The van der Waals surface area contributed by atoms with E-state index >= 15 is 0 Å². The van der Waals surface area contributed by atoms with Crippen LogP contribution in [-0.2, 0) is 6.42 Å². The van der Waals surface area contributed by atoms with Crippen molar-refractivity contribution in [3.05, 3.63) is 75.7 Å². The van der Waals surface area contributed by atoms with Crippen molar-refractivity contribution in [1.82, 2.24) is 14.9 Å². The highest BCUT2D eigenvalue weighted by Crippen LogP contribution is 2.37. The predicted octanol–water partition coefficient (Wildman–Crippen LogP) is 5.23. The number of carbonyl (C=O) groups is 2. The van der Waals surface area contributed by atoms with E-state index in [1.54, 1.807) is 29.2 Å². The van der Waals surface area contributed by atoms with Crippen LogP contribution in [0.1, 0.15) is 39.1 Å². The first kappa shape index (κ1) is 25.2. The Morgan fingerprint density at radius 3 is 2.51 bits per heavy atom. The van der Waals surface area contributed by atoms with E-state index in [1.165, 1.54) is 25.7 Å². The van der Waals surface area contributed by atoms with Crippen LogP contribution >= 0.6 is 23.2 Å². The summed E-state index contributed by atoms with van der Waals surface area (Å²) in [4.78, 5) is 36.6. The van der Waals surface area contributed by atoms with Gasteiger partial charge in [0.25, 0.3) is 11.8 Å². The summed E-state index contributed by atoms with van der Waals surface area (Å²) in [5.41, 5.74) is 2.12. The Labute approximate surface area is 222 Å². The van der Waals surface area contributed by atoms with Gasteiger partial charge in [0.2, 0.25) is 0 Å². The monoisotopic (exact) mass is 539 g/mol. The quantitative estimate of drug-likeness (QED) is 0.334. The summed E-state index contributed by atoms with van der Waals surface area (Å²) in [6, 6.07) is 8.85. The molecule has 0 unspecified atom stereocenters. The highest BCUT2D eigenvalue weighted by Gasteiger charge is 2.26. The topological polar surface area (TPSA) is 106 Å². The first-order chi connectivity index (χ1) is 17.9. The summed E-state index contributed by atoms with van der Waals surface area (Å²) in [6.45, 7) is 0.954. The van der Waals surface area contributed by atoms with Crippen LogP contribution in [0.5, 0.6) is 5.88 Å². The van der Waals surface area contributed by atoms with Gasteiger partial charge in [-0.25, -0.2) is 4.98 Å². The molecule has 4 heterocycles. The molecule has 10 heteroatoms. The van der Waals surface area contributed by atoms with Crippen LogP contribution in [0.2, 0.25) is 10.0 Å². The van der Waals surface area contributed by atoms with Gasteiger partial charge in [0, 0.05) is 60.2 Å². The number of halogens is 2. The molecule has 8 nitrogen and oxygen atoms in total. The van der Waals surface area contributed by atoms with E-state index in [-0.39, 0.29) is 30.1 Å². The lowest BCUT2D eigenvalue weighted by Gasteiger charge is -2.30. The lowest BCUT2D eigenvalue weighted by molar-refractivity contribution is 0.0547. The average molecular weight is 540 g/mol. The molecule has 4 aromatic rings. The molecule has 0 radical (unpaired) electrons. The molecular weight excluding hydrogens is 517 g/mol. The second kappa shape index (κ2) is 10.5. The van der Waals surface area contributed by atoms with Crippen LogP contribution in [0.25, 0.3) is 22.3 Å². The van der Waals surface area contributed by atoms with E-state index in [2.05, 4.69) is 9.97 Å². The second-order valence-corrected chi connectivity index (χ2v) is 9.60. The van der Waals surface area contributed by atoms with E-state index in [0.29, 0.717) is 75.0 Å². The smallest absolute Gasteiger partial charge is 0.258 e. The third-order valence-electron chi connectivity index (χ3n) is 6.49. The molecule has 1 saturated heterocycles. The SMILES string of the molecule is COc1ncc(C(=O)Cc2c(Cl)cncc2Cl)c2cc(-c3ccccc3C(=O)N3CCC(O)CC3)oc12. The minimum absolute atomic E-state index is 0.0559. The lowest BCUT2D eigenvalue weighted by atomic mass is 10.00. The number of aromatic nitrogens is 2. The van der Waals surface area contributed by atoms with Crippen molar-refractivity contribution >= 4 is 45.9 Å². The number of likely N-dealkylation sites (tertiary alicyclic amines) is 1. The summed E-state index contributed by atoms with van der Waals surface area (Å²) >= 11 is 12.5. The van der Waals surface area contributed by atoms with E-state index in [1.807, 2.05) is 6.07 Å². The number of furan rings is 1. The van der Waals surface area contributed by atoms with Gasteiger partial charge in [0.1, 0.15) is 5.76 Å². The van der Waals surface area contributed by atoms with E-state index in [4.69, 9.17) is 32.4 Å². The number of pyridine rings is 2. The van der Waals surface area contributed by atoms with Crippen LogP contribution in [0.4, 0.5) is 0 Å². The summed E-state index contributed by atoms with van der Waals surface area (Å²) in [5.74, 6) is 0.202. The lowest BCUT2D eigenvalue weighted by Crippen LogP contribution is -2.40. The predicted molar refractivity (Wildman–Crippen MR) is 139 cm³/mol. The van der Waals surface area contributed by atoms with E-state index in [9.17, 15) is 14.7 Å². The number of piperidine rings is 1. The maximum atomic E-state index is 13.4. The summed E-state index contributed by atoms with van der Waals surface area (Å²) in [5, 5.41) is 10.9. The van der Waals surface area contributed by atoms with Crippen molar-refractivity contribution in [2.24, 2.45) is 0 Å². The highest BCUT2D eigenvalue weighted by molar-refractivity contribution is 6.36. The molecule has 0 bridgehead atoms. The van der Waals surface area contributed by atoms with Gasteiger partial charge in [-0.3, -0.25) is 14.6 Å². The molecule has 1 amide bonds. The Kier molecular flexibility index (Phi) is 7.15. The number of hydrogen-bond acceptors (Lipinski definition) is 7. The van der Waals surface area contributed by atoms with Crippen LogP contribution in [0.15, 0.2) is 53.3 Å². The van der Waals surface area contributed by atoms with Gasteiger partial charge in [0.05, 0.1) is 28.8 Å². The number of rotatable bonds is 6. The number of aliphatic hydroxyl groups excluding tert-OH is 1. The van der Waals surface area contributed by atoms with Crippen LogP contribution in [0, 0.1) is 0 Å². The molecule has 1 aromatic carbocycles. The first-order valence-electron chi connectivity index (χ1n) is 11.7. The molecule has 190 valence electrons. The fraction of sp³-hybridized carbons (Fsp3) is 0.259. The number of methoxy groups -OCH3 is 1. The molecular formula is C27H23Cl2N3O5. The third kappa shape index (κ3) is 4.92. The molecule has 0 aliphatic carbocycles. The van der Waals surface area contributed by atoms with Gasteiger partial charge < -0.3 is 19.2 Å². The molecule has 5 rings (SSSR count). The Bertz CT molecular complexity index is 1470. The summed E-state index contributed by atoms with van der Waals surface area (Å²) in [7, 11) is 1.46. The van der Waals surface area contributed by atoms with Gasteiger partial charge in [-0.1, -0.05) is 41.4 Å². The minimum Gasteiger partial charge on any atom is -0.478 e. The molecule has 1 aliphatic rings. The maximum absolute atomic E-state index is 13.4. The normalized spacial score (nSPS) is 14.2. The number of hydrogen-bond donors (Lipinski definition) is 1. The van der Waals surface area contributed by atoms with E-state index < -0.39 is 0 Å². The first-order valence-corrected chi connectivity index (χ1v) is 12.5. The number of benzene rings is 1. The fourth-order valence-corrected chi connectivity index (χ4v) is 4.99. The standard InChI is InChI=1S/C27H23Cl2N3O5/c1-36-26-25-18(20(12-31-26)23(34)10-19-21(28)13-30-14-22(19)29)11-24(37-25)16-4-2-3-5-17(16)27(35)32-8-6-15(33)7-9-32/h2-5,11-15,33H,6-10H2,1H3. The molecule has 1 aliphatic heterocycles. The molecule has 3 aromatic heterocycles. The Morgan fingerprint density at radius 2 is 1.81 bits per heavy atom. The third-order valence-corrected chi connectivity index (χ3v) is 7.14. The van der Waals surface area contributed by atoms with Gasteiger partial charge in [-0.05, 0) is 25.0 Å². The number of ketones is 1. The number of aliphatic hydroxyl groups is 1. The Hall–Kier alpha value is -3.46. The molecule has 0 saturated carbocycles. The zero-order chi connectivity index (χ0) is 26.1. The van der Waals surface area contributed by atoms with Crippen molar-refractivity contribution in [2.75, 3.05) is 20.2 Å². The largest absolute Gasteiger partial charge is 0.478 e. The molecule has 1 fully saturated rings. The molecule has 37 heavy (non-hydrogen) atoms. The number of fused-ring (bicyclic) bond motifs is 1. The van der Waals surface area contributed by atoms with Gasteiger partial charge >= 0.3 is 0 Å². The van der Waals surface area contributed by atoms with Crippen molar-refractivity contribution in [1.29, 1.82) is 0 Å². The van der Waals surface area contributed by atoms with Gasteiger partial charge in [-0.15, -0.1) is 0 Å². The highest BCUT2D eigenvalue weighted by atomic mass is 35.5. The van der Waals surface area contributed by atoms with Crippen molar-refractivity contribution < 1.29 is 23.8 Å². The summed E-state index contributed by atoms with van der Waals surface area (Å²) < 4.78 is 11.5.